The van der Waals surface area contributed by atoms with Crippen LogP contribution in [0.25, 0.3) is 0 Å². The van der Waals surface area contributed by atoms with Gasteiger partial charge in [-0.3, -0.25) is 14.4 Å². The van der Waals surface area contributed by atoms with Crippen LogP contribution in [-0.2, 0) is 11.3 Å². The Bertz CT molecular complexity index is 1300. The average Bonchev–Trinajstić information content (AvgIpc) is 2.86. The number of carbonyl (C=O) groups is 2. The van der Waals surface area contributed by atoms with E-state index in [1.165, 1.54) is 16.8 Å². The Hall–Kier alpha value is -4.38. The molecule has 0 aliphatic carbocycles. The zero-order valence-corrected chi connectivity index (χ0v) is 19.2. The number of nitrogens with one attached hydrogen (secondary N) is 1. The topological polar surface area (TPSA) is 110 Å². The fourth-order valence-corrected chi connectivity index (χ4v) is 3.36. The molecule has 1 heterocycles. The van der Waals surface area contributed by atoms with Gasteiger partial charge in [0.2, 0.25) is 0 Å². The molecular formula is C26H25N3O5. The number of benzene rings is 2. The molecule has 3 rings (SSSR count). The fourth-order valence-electron chi connectivity index (χ4n) is 3.36. The smallest absolute Gasteiger partial charge is 0.268 e. The number of nitrogens with zero attached hydrogens (tertiary/aromatic N) is 2. The molecule has 0 unspecified atom stereocenters. The van der Waals surface area contributed by atoms with E-state index in [-0.39, 0.29) is 47.5 Å². The number of carbonyl (C=O) groups excluding carboxylic acids is 2. The molecule has 2 aromatic carbocycles. The zero-order valence-electron chi connectivity index (χ0n) is 19.2. The summed E-state index contributed by atoms with van der Waals surface area (Å²) in [5.41, 5.74) is 0.654. The lowest BCUT2D eigenvalue weighted by Crippen LogP contribution is -2.29. The molecule has 0 aliphatic rings. The van der Waals surface area contributed by atoms with Gasteiger partial charge in [0.1, 0.15) is 23.1 Å². The summed E-state index contributed by atoms with van der Waals surface area (Å²) in [6.07, 6.45) is 1.44. The van der Waals surface area contributed by atoms with Crippen LogP contribution in [0.1, 0.15) is 46.9 Å². The van der Waals surface area contributed by atoms with Gasteiger partial charge >= 0.3 is 0 Å². The highest BCUT2D eigenvalue weighted by molar-refractivity contribution is 6.10. The SMILES string of the molecule is COc1ccccc1CNC(=O)COc1ccccc1C(=O)c1cc(C#N)c(=O)n(C(C)C)c1. The third-order valence-electron chi connectivity index (χ3n) is 5.14. The Labute approximate surface area is 197 Å². The van der Waals surface area contributed by atoms with Gasteiger partial charge in [0.15, 0.2) is 12.4 Å². The summed E-state index contributed by atoms with van der Waals surface area (Å²) in [7, 11) is 1.56. The molecular weight excluding hydrogens is 434 g/mol. The zero-order chi connectivity index (χ0) is 24.7. The maximum absolute atomic E-state index is 13.2. The minimum atomic E-state index is -0.453. The maximum atomic E-state index is 13.2. The number of aromatic nitrogens is 1. The molecule has 1 aromatic heterocycles. The van der Waals surface area contributed by atoms with Crippen LogP contribution < -0.4 is 20.3 Å². The number of nitriles is 1. The van der Waals surface area contributed by atoms with Crippen molar-refractivity contribution in [3.63, 3.8) is 0 Å². The van der Waals surface area contributed by atoms with Gasteiger partial charge in [-0.25, -0.2) is 0 Å². The van der Waals surface area contributed by atoms with Crippen molar-refractivity contribution < 1.29 is 19.1 Å². The van der Waals surface area contributed by atoms with Gasteiger partial charge in [-0.15, -0.1) is 0 Å². The highest BCUT2D eigenvalue weighted by atomic mass is 16.5. The summed E-state index contributed by atoms with van der Waals surface area (Å²) < 4.78 is 12.3. The predicted octanol–water partition coefficient (Wildman–Crippen LogP) is 3.24. The van der Waals surface area contributed by atoms with Crippen LogP contribution in [0.5, 0.6) is 11.5 Å². The van der Waals surface area contributed by atoms with Gasteiger partial charge in [-0.05, 0) is 38.1 Å². The second-order valence-corrected chi connectivity index (χ2v) is 7.76. The number of amides is 1. The second kappa shape index (κ2) is 11.0. The number of pyridine rings is 1. The highest BCUT2D eigenvalue weighted by Gasteiger charge is 2.19. The van der Waals surface area contributed by atoms with E-state index in [0.29, 0.717) is 5.75 Å². The molecule has 8 heteroatoms. The minimum Gasteiger partial charge on any atom is -0.496 e. The molecule has 1 N–H and O–H groups in total. The van der Waals surface area contributed by atoms with Gasteiger partial charge in [-0.2, -0.15) is 5.26 Å². The quantitative estimate of drug-likeness (QED) is 0.492. The van der Waals surface area contributed by atoms with Crippen LogP contribution in [0.2, 0.25) is 0 Å². The number of hydrogen-bond acceptors (Lipinski definition) is 6. The Kier molecular flexibility index (Phi) is 7.83. The summed E-state index contributed by atoms with van der Waals surface area (Å²) in [5.74, 6) is 0.101. The van der Waals surface area contributed by atoms with Crippen molar-refractivity contribution in [1.82, 2.24) is 9.88 Å². The first-order valence-corrected chi connectivity index (χ1v) is 10.7. The van der Waals surface area contributed by atoms with E-state index < -0.39 is 11.3 Å². The van der Waals surface area contributed by atoms with Crippen LogP contribution in [0.15, 0.2) is 65.6 Å². The molecule has 0 bridgehead atoms. The molecule has 0 spiro atoms. The molecule has 1 amide bonds. The van der Waals surface area contributed by atoms with Crippen molar-refractivity contribution in [3.05, 3.63) is 93.4 Å². The number of ketones is 1. The molecule has 0 saturated heterocycles. The molecule has 0 radical (unpaired) electrons. The van der Waals surface area contributed by atoms with Crippen LogP contribution in [0, 0.1) is 11.3 Å². The van der Waals surface area contributed by atoms with Crippen molar-refractivity contribution >= 4 is 11.7 Å². The van der Waals surface area contributed by atoms with Crippen LogP contribution >= 0.6 is 0 Å². The summed E-state index contributed by atoms with van der Waals surface area (Å²) in [4.78, 5) is 37.9. The van der Waals surface area contributed by atoms with Gasteiger partial charge in [-0.1, -0.05) is 30.3 Å². The summed E-state index contributed by atoms with van der Waals surface area (Å²) in [5, 5.41) is 12.1. The molecule has 0 fully saturated rings. The van der Waals surface area contributed by atoms with Gasteiger partial charge < -0.3 is 19.4 Å². The molecule has 174 valence electrons. The van der Waals surface area contributed by atoms with E-state index in [4.69, 9.17) is 9.47 Å². The number of rotatable bonds is 9. The average molecular weight is 460 g/mol. The van der Waals surface area contributed by atoms with E-state index >= 15 is 0 Å². The van der Waals surface area contributed by atoms with Gasteiger partial charge in [0.25, 0.3) is 11.5 Å². The predicted molar refractivity (Wildman–Crippen MR) is 126 cm³/mol. The minimum absolute atomic E-state index is 0.117. The summed E-state index contributed by atoms with van der Waals surface area (Å²) in [6.45, 7) is 3.55. The molecule has 3 aromatic rings. The van der Waals surface area contributed by atoms with E-state index in [2.05, 4.69) is 5.32 Å². The third-order valence-corrected chi connectivity index (χ3v) is 5.14. The van der Waals surface area contributed by atoms with Crippen molar-refractivity contribution in [2.75, 3.05) is 13.7 Å². The lowest BCUT2D eigenvalue weighted by atomic mass is 10.0. The number of methoxy groups -OCH3 is 1. The summed E-state index contributed by atoms with van der Waals surface area (Å²) in [6, 6.07) is 16.8. The Morgan fingerprint density at radius 3 is 2.44 bits per heavy atom. The number of para-hydroxylation sites is 2. The first-order chi connectivity index (χ1) is 16.3. The van der Waals surface area contributed by atoms with Crippen molar-refractivity contribution in [3.8, 4) is 17.6 Å². The number of hydrogen-bond donors (Lipinski definition) is 1. The largest absolute Gasteiger partial charge is 0.496 e. The van der Waals surface area contributed by atoms with Crippen LogP contribution in [0.3, 0.4) is 0 Å². The molecule has 34 heavy (non-hydrogen) atoms. The molecule has 0 atom stereocenters. The lowest BCUT2D eigenvalue weighted by Gasteiger charge is -2.14. The Morgan fingerprint density at radius 2 is 1.76 bits per heavy atom. The second-order valence-electron chi connectivity index (χ2n) is 7.76. The molecule has 8 nitrogen and oxygen atoms in total. The standard InChI is InChI=1S/C26H25N3O5/c1-17(2)29-15-20(12-19(13-27)26(29)32)25(31)21-9-5-7-11-23(21)34-16-24(30)28-14-18-8-4-6-10-22(18)33-3/h4-12,15,17H,14,16H2,1-3H3,(H,28,30). The first-order valence-electron chi connectivity index (χ1n) is 10.7. The molecule has 0 saturated carbocycles. The van der Waals surface area contributed by atoms with E-state index in [1.54, 1.807) is 51.3 Å². The van der Waals surface area contributed by atoms with E-state index in [0.717, 1.165) is 5.56 Å². The van der Waals surface area contributed by atoms with Crippen molar-refractivity contribution in [1.29, 1.82) is 5.26 Å². The van der Waals surface area contributed by atoms with Crippen molar-refractivity contribution in [2.24, 2.45) is 0 Å². The fraction of sp³-hybridized carbons (Fsp3) is 0.231. The van der Waals surface area contributed by atoms with E-state index in [1.807, 2.05) is 24.3 Å². The maximum Gasteiger partial charge on any atom is 0.268 e. The summed E-state index contributed by atoms with van der Waals surface area (Å²) >= 11 is 0. The van der Waals surface area contributed by atoms with Gasteiger partial charge in [0.05, 0.1) is 12.7 Å². The Morgan fingerprint density at radius 1 is 1.09 bits per heavy atom. The number of ether oxygens (including phenoxy) is 2. The van der Waals surface area contributed by atoms with Crippen LogP contribution in [-0.4, -0.2) is 30.0 Å². The van der Waals surface area contributed by atoms with Crippen LogP contribution in [0.4, 0.5) is 0 Å². The lowest BCUT2D eigenvalue weighted by molar-refractivity contribution is -0.123. The normalized spacial score (nSPS) is 10.4. The molecule has 0 aliphatic heterocycles. The van der Waals surface area contributed by atoms with Gasteiger partial charge in [0, 0.05) is 29.9 Å². The monoisotopic (exact) mass is 459 g/mol. The van der Waals surface area contributed by atoms with E-state index in [9.17, 15) is 19.6 Å². The highest BCUT2D eigenvalue weighted by Crippen LogP contribution is 2.22. The van der Waals surface area contributed by atoms with Crippen molar-refractivity contribution in [2.45, 2.75) is 26.4 Å². The third kappa shape index (κ3) is 5.51. The Balaban J connectivity index is 1.76. The first kappa shape index (κ1) is 24.3.